The molecule has 0 radical (unpaired) electrons. The Bertz CT molecular complexity index is 202. The summed E-state index contributed by atoms with van der Waals surface area (Å²) in [5, 5.41) is 8.63. The summed E-state index contributed by atoms with van der Waals surface area (Å²) < 4.78 is 0. The van der Waals surface area contributed by atoms with Crippen LogP contribution in [-0.2, 0) is 9.59 Å². The summed E-state index contributed by atoms with van der Waals surface area (Å²) in [5.41, 5.74) is 5.21. The second kappa shape index (κ2) is 6.37. The van der Waals surface area contributed by atoms with Crippen molar-refractivity contribution < 1.29 is 14.7 Å². The quantitative estimate of drug-likeness (QED) is 0.637. The van der Waals surface area contributed by atoms with Crippen molar-refractivity contribution in [1.29, 1.82) is 0 Å². The molecule has 1 amide bonds. The van der Waals surface area contributed by atoms with E-state index < -0.39 is 5.97 Å². The smallest absolute Gasteiger partial charge is 0.323 e. The summed E-state index contributed by atoms with van der Waals surface area (Å²) in [5.74, 6) is -1.31. The van der Waals surface area contributed by atoms with Gasteiger partial charge in [-0.1, -0.05) is 13.8 Å². The Hall–Kier alpha value is -1.10. The lowest BCUT2D eigenvalue weighted by Crippen LogP contribution is -2.45. The lowest BCUT2D eigenvalue weighted by Gasteiger charge is -2.28. The summed E-state index contributed by atoms with van der Waals surface area (Å²) in [6.07, 6.45) is 1.49. The highest BCUT2D eigenvalue weighted by molar-refractivity contribution is 5.82. The van der Waals surface area contributed by atoms with Gasteiger partial charge in [-0.05, 0) is 12.8 Å². The van der Waals surface area contributed by atoms with E-state index in [2.05, 4.69) is 0 Å². The number of carbonyl (C=O) groups is 2. The number of hydrogen-bond acceptors (Lipinski definition) is 3. The van der Waals surface area contributed by atoms with Gasteiger partial charge >= 0.3 is 5.97 Å². The average molecular weight is 202 g/mol. The molecule has 0 unspecified atom stereocenters. The number of carboxylic acid groups (broad SMARTS) is 1. The van der Waals surface area contributed by atoms with Crippen LogP contribution < -0.4 is 5.73 Å². The van der Waals surface area contributed by atoms with E-state index in [1.807, 2.05) is 13.8 Å². The van der Waals surface area contributed by atoms with E-state index in [0.717, 1.165) is 12.8 Å². The Kier molecular flexibility index (Phi) is 5.87. The second-order valence-electron chi connectivity index (χ2n) is 3.09. The van der Waals surface area contributed by atoms with Crippen LogP contribution in [0.5, 0.6) is 0 Å². The van der Waals surface area contributed by atoms with E-state index in [1.165, 1.54) is 4.90 Å². The predicted octanol–water partition coefficient (Wildman–Crippen LogP) is 0.0469. The van der Waals surface area contributed by atoms with Crippen molar-refractivity contribution in [3.05, 3.63) is 0 Å². The highest BCUT2D eigenvalue weighted by Gasteiger charge is 2.21. The molecule has 0 aliphatic heterocycles. The molecular weight excluding hydrogens is 184 g/mol. The van der Waals surface area contributed by atoms with Crippen molar-refractivity contribution in [2.45, 2.75) is 32.7 Å². The third-order valence-electron chi connectivity index (χ3n) is 2.18. The minimum absolute atomic E-state index is 0.0258. The third kappa shape index (κ3) is 3.74. The van der Waals surface area contributed by atoms with Crippen LogP contribution in [0.15, 0.2) is 0 Å². The lowest BCUT2D eigenvalue weighted by molar-refractivity contribution is -0.145. The van der Waals surface area contributed by atoms with Crippen molar-refractivity contribution in [3.8, 4) is 0 Å². The van der Waals surface area contributed by atoms with Crippen molar-refractivity contribution in [2.75, 3.05) is 13.1 Å². The first kappa shape index (κ1) is 12.9. The molecular formula is C9H18N2O3. The molecule has 0 bridgehead atoms. The molecule has 0 aliphatic carbocycles. The molecule has 0 aromatic rings. The number of amides is 1. The Morgan fingerprint density at radius 3 is 2.14 bits per heavy atom. The molecule has 14 heavy (non-hydrogen) atoms. The maximum Gasteiger partial charge on any atom is 0.323 e. The Balaban J connectivity index is 4.51. The molecule has 0 saturated carbocycles. The molecule has 5 nitrogen and oxygen atoms in total. The first-order chi connectivity index (χ1) is 6.56. The molecule has 0 rings (SSSR count). The van der Waals surface area contributed by atoms with E-state index in [4.69, 9.17) is 10.8 Å². The van der Waals surface area contributed by atoms with Crippen LogP contribution >= 0.6 is 0 Å². The second-order valence-corrected chi connectivity index (χ2v) is 3.09. The van der Waals surface area contributed by atoms with E-state index >= 15 is 0 Å². The van der Waals surface area contributed by atoms with Crippen LogP contribution in [0.4, 0.5) is 0 Å². The SMILES string of the molecule is CCC(CC)N(CC(=O)O)C(=O)CN. The van der Waals surface area contributed by atoms with Gasteiger partial charge in [-0.15, -0.1) is 0 Å². The first-order valence-electron chi connectivity index (χ1n) is 4.78. The third-order valence-corrected chi connectivity index (χ3v) is 2.18. The molecule has 0 aromatic carbocycles. The van der Waals surface area contributed by atoms with Gasteiger partial charge in [0.1, 0.15) is 6.54 Å². The number of nitrogens with two attached hydrogens (primary N) is 1. The molecule has 82 valence electrons. The van der Waals surface area contributed by atoms with Gasteiger partial charge < -0.3 is 15.7 Å². The zero-order chi connectivity index (χ0) is 11.1. The fourth-order valence-electron chi connectivity index (χ4n) is 1.41. The van der Waals surface area contributed by atoms with Gasteiger partial charge in [0.2, 0.25) is 5.91 Å². The van der Waals surface area contributed by atoms with Crippen molar-refractivity contribution in [3.63, 3.8) is 0 Å². The van der Waals surface area contributed by atoms with Gasteiger partial charge in [0.25, 0.3) is 0 Å². The summed E-state index contributed by atoms with van der Waals surface area (Å²) in [6.45, 7) is 3.45. The van der Waals surface area contributed by atoms with Gasteiger partial charge in [0.05, 0.1) is 6.54 Å². The van der Waals surface area contributed by atoms with Crippen molar-refractivity contribution in [1.82, 2.24) is 4.90 Å². The zero-order valence-corrected chi connectivity index (χ0v) is 8.69. The van der Waals surface area contributed by atoms with E-state index in [-0.39, 0.29) is 25.0 Å². The van der Waals surface area contributed by atoms with Crippen LogP contribution in [0.1, 0.15) is 26.7 Å². The first-order valence-corrected chi connectivity index (χ1v) is 4.78. The van der Waals surface area contributed by atoms with Crippen LogP contribution in [0.25, 0.3) is 0 Å². The van der Waals surface area contributed by atoms with E-state index in [0.29, 0.717) is 0 Å². The van der Waals surface area contributed by atoms with E-state index in [9.17, 15) is 9.59 Å². The molecule has 0 aromatic heterocycles. The summed E-state index contributed by atoms with van der Waals surface area (Å²) in [7, 11) is 0. The maximum absolute atomic E-state index is 11.3. The molecule has 5 heteroatoms. The highest BCUT2D eigenvalue weighted by atomic mass is 16.4. The lowest BCUT2D eigenvalue weighted by atomic mass is 10.1. The number of hydrogen-bond donors (Lipinski definition) is 2. The highest BCUT2D eigenvalue weighted by Crippen LogP contribution is 2.08. The normalized spacial score (nSPS) is 10.3. The van der Waals surface area contributed by atoms with E-state index in [1.54, 1.807) is 0 Å². The predicted molar refractivity (Wildman–Crippen MR) is 52.8 cm³/mol. The minimum atomic E-state index is -1.00. The molecule has 0 aliphatic rings. The Labute approximate surface area is 83.9 Å². The van der Waals surface area contributed by atoms with Gasteiger partial charge in [-0.25, -0.2) is 0 Å². The number of carbonyl (C=O) groups excluding carboxylic acids is 1. The number of nitrogens with zero attached hydrogens (tertiary/aromatic N) is 1. The van der Waals surface area contributed by atoms with Gasteiger partial charge in [-0.3, -0.25) is 9.59 Å². The molecule has 0 atom stereocenters. The Morgan fingerprint density at radius 1 is 1.36 bits per heavy atom. The average Bonchev–Trinajstić information content (AvgIpc) is 2.16. The molecule has 0 fully saturated rings. The number of rotatable bonds is 6. The zero-order valence-electron chi connectivity index (χ0n) is 8.69. The van der Waals surface area contributed by atoms with Crippen LogP contribution in [-0.4, -0.2) is 41.0 Å². The Morgan fingerprint density at radius 2 is 1.86 bits per heavy atom. The summed E-state index contributed by atoms with van der Waals surface area (Å²) in [6, 6.07) is -0.0258. The topological polar surface area (TPSA) is 83.6 Å². The van der Waals surface area contributed by atoms with Crippen molar-refractivity contribution >= 4 is 11.9 Å². The van der Waals surface area contributed by atoms with Crippen LogP contribution in [0.2, 0.25) is 0 Å². The monoisotopic (exact) mass is 202 g/mol. The van der Waals surface area contributed by atoms with Crippen molar-refractivity contribution in [2.24, 2.45) is 5.73 Å². The largest absolute Gasteiger partial charge is 0.480 e. The number of aliphatic carboxylic acids is 1. The molecule has 3 N–H and O–H groups in total. The fourth-order valence-corrected chi connectivity index (χ4v) is 1.41. The summed E-state index contributed by atoms with van der Waals surface area (Å²) in [4.78, 5) is 23.2. The fraction of sp³-hybridized carbons (Fsp3) is 0.778. The molecule has 0 saturated heterocycles. The van der Waals surface area contributed by atoms with Crippen LogP contribution in [0, 0.1) is 0 Å². The number of carboxylic acids is 1. The minimum Gasteiger partial charge on any atom is -0.480 e. The standard InChI is InChI=1S/C9H18N2O3/c1-3-7(4-2)11(6-9(13)14)8(12)5-10/h7H,3-6,10H2,1-2H3,(H,13,14). The van der Waals surface area contributed by atoms with Crippen LogP contribution in [0.3, 0.4) is 0 Å². The summed E-state index contributed by atoms with van der Waals surface area (Å²) >= 11 is 0. The molecule has 0 heterocycles. The molecule has 0 spiro atoms. The van der Waals surface area contributed by atoms with Gasteiger partial charge in [0.15, 0.2) is 0 Å². The van der Waals surface area contributed by atoms with Gasteiger partial charge in [-0.2, -0.15) is 0 Å². The maximum atomic E-state index is 11.3. The van der Waals surface area contributed by atoms with Gasteiger partial charge in [0, 0.05) is 6.04 Å².